The summed E-state index contributed by atoms with van der Waals surface area (Å²) in [7, 11) is -1.14. The highest BCUT2D eigenvalue weighted by atomic mass is 32.2. The lowest BCUT2D eigenvalue weighted by molar-refractivity contribution is 0.143. The zero-order chi connectivity index (χ0) is 22.1. The van der Waals surface area contributed by atoms with Crippen LogP contribution in [-0.4, -0.2) is 51.3 Å². The van der Waals surface area contributed by atoms with Crippen molar-refractivity contribution < 1.29 is 8.42 Å². The molecule has 0 amide bonds. The van der Waals surface area contributed by atoms with E-state index in [0.717, 1.165) is 30.5 Å². The first-order valence-corrected chi connectivity index (χ1v) is 13.1. The van der Waals surface area contributed by atoms with E-state index < -0.39 is 15.4 Å². The number of rotatable bonds is 7. The Balaban J connectivity index is 1.78. The zero-order valence-electron chi connectivity index (χ0n) is 18.6. The van der Waals surface area contributed by atoms with E-state index in [9.17, 15) is 8.42 Å². The van der Waals surface area contributed by atoms with E-state index in [2.05, 4.69) is 40.9 Å². The lowest BCUT2D eigenvalue weighted by Crippen LogP contribution is -2.51. The quantitative estimate of drug-likeness (QED) is 0.692. The van der Waals surface area contributed by atoms with Crippen molar-refractivity contribution in [1.82, 2.24) is 9.62 Å². The molecule has 1 aliphatic carbocycles. The van der Waals surface area contributed by atoms with Gasteiger partial charge in [-0.15, -0.1) is 0 Å². The van der Waals surface area contributed by atoms with Crippen LogP contribution >= 0.6 is 0 Å². The summed E-state index contributed by atoms with van der Waals surface area (Å²) in [5.41, 5.74) is 8.50. The van der Waals surface area contributed by atoms with Crippen LogP contribution in [0.3, 0.4) is 0 Å². The van der Waals surface area contributed by atoms with E-state index in [1.54, 1.807) is 0 Å². The Labute approximate surface area is 187 Å². The van der Waals surface area contributed by atoms with Crippen LogP contribution in [0.4, 0.5) is 0 Å². The molecular weight excluding hydrogens is 406 g/mol. The predicted octanol–water partition coefficient (Wildman–Crippen LogP) is 3.11. The van der Waals surface area contributed by atoms with Crippen molar-refractivity contribution in [2.45, 2.75) is 49.1 Å². The van der Waals surface area contributed by atoms with Gasteiger partial charge in [0.25, 0.3) is 0 Å². The second-order valence-electron chi connectivity index (χ2n) is 9.81. The van der Waals surface area contributed by atoms with Gasteiger partial charge in [-0.2, -0.15) is 0 Å². The Morgan fingerprint density at radius 2 is 1.65 bits per heavy atom. The minimum absolute atomic E-state index is 0.296. The topological polar surface area (TPSA) is 75.4 Å². The number of sulfonamides is 1. The van der Waals surface area contributed by atoms with E-state index in [1.165, 1.54) is 19.1 Å². The molecule has 2 aromatic carbocycles. The molecule has 5 nitrogen and oxygen atoms in total. The van der Waals surface area contributed by atoms with Gasteiger partial charge in [0.05, 0.1) is 6.26 Å². The number of nitrogens with two attached hydrogens (primary N) is 1. The van der Waals surface area contributed by atoms with Crippen molar-refractivity contribution >= 4 is 10.0 Å². The van der Waals surface area contributed by atoms with E-state index in [-0.39, 0.29) is 5.54 Å². The molecular formula is C25H35N3O2S. The molecule has 1 saturated carbocycles. The van der Waals surface area contributed by atoms with Gasteiger partial charge in [-0.25, -0.2) is 13.1 Å². The molecule has 1 saturated heterocycles. The fourth-order valence-electron chi connectivity index (χ4n) is 6.06. The third kappa shape index (κ3) is 4.87. The largest absolute Gasteiger partial charge is 0.325 e. The fraction of sp³-hybridized carbons (Fsp3) is 0.520. The summed E-state index contributed by atoms with van der Waals surface area (Å²) in [5.74, 6) is 0.621. The molecule has 4 rings (SSSR count). The average molecular weight is 442 g/mol. The number of nitrogens with zero attached hydrogens (tertiary/aromatic N) is 1. The molecule has 1 aliphatic heterocycles. The highest BCUT2D eigenvalue weighted by Gasteiger charge is 2.50. The highest BCUT2D eigenvalue weighted by Crippen LogP contribution is 2.48. The molecule has 0 aromatic heterocycles. The Morgan fingerprint density at radius 1 is 1.06 bits per heavy atom. The summed E-state index contributed by atoms with van der Waals surface area (Å²) in [6.45, 7) is 1.43. The normalized spacial score (nSPS) is 27.2. The van der Waals surface area contributed by atoms with Gasteiger partial charge >= 0.3 is 0 Å². The third-order valence-corrected chi connectivity index (χ3v) is 8.09. The maximum absolute atomic E-state index is 12.2. The van der Waals surface area contributed by atoms with Crippen molar-refractivity contribution in [3.63, 3.8) is 0 Å². The van der Waals surface area contributed by atoms with Gasteiger partial charge in [-0.1, -0.05) is 60.7 Å². The Kier molecular flexibility index (Phi) is 6.28. The molecule has 2 aromatic rings. The Hall–Kier alpha value is -1.73. The van der Waals surface area contributed by atoms with E-state index in [0.29, 0.717) is 24.9 Å². The van der Waals surface area contributed by atoms with Crippen molar-refractivity contribution in [1.29, 1.82) is 0 Å². The smallest absolute Gasteiger partial charge is 0.208 e. The molecule has 1 heterocycles. The molecule has 3 N–H and O–H groups in total. The number of benzene rings is 2. The molecule has 0 radical (unpaired) electrons. The van der Waals surface area contributed by atoms with Crippen molar-refractivity contribution in [2.24, 2.45) is 11.7 Å². The molecule has 1 unspecified atom stereocenters. The van der Waals surface area contributed by atoms with Gasteiger partial charge < -0.3 is 10.6 Å². The van der Waals surface area contributed by atoms with E-state index in [1.807, 2.05) is 36.4 Å². The Bertz CT molecular complexity index is 941. The monoisotopic (exact) mass is 441 g/mol. The first-order valence-electron chi connectivity index (χ1n) is 11.3. The summed E-state index contributed by atoms with van der Waals surface area (Å²) < 4.78 is 27.1. The SMILES string of the molecule is CN1CCCC2C[C@@](N)(CC(CNS(C)(=O)=O)(c3ccccc3)c3ccccc3)C[C@@H]21. The Morgan fingerprint density at radius 3 is 2.16 bits per heavy atom. The van der Waals surface area contributed by atoms with Gasteiger partial charge in [0.2, 0.25) is 10.0 Å². The lowest BCUT2D eigenvalue weighted by atomic mass is 9.66. The van der Waals surface area contributed by atoms with Crippen LogP contribution in [0.5, 0.6) is 0 Å². The molecule has 2 fully saturated rings. The molecule has 31 heavy (non-hydrogen) atoms. The van der Waals surface area contributed by atoms with Gasteiger partial charge in [-0.05, 0) is 62.7 Å². The molecule has 168 valence electrons. The molecule has 0 bridgehead atoms. The number of nitrogens with one attached hydrogen (secondary N) is 1. The van der Waals surface area contributed by atoms with Crippen LogP contribution in [0.25, 0.3) is 0 Å². The van der Waals surface area contributed by atoms with Crippen molar-refractivity contribution in [2.75, 3.05) is 26.4 Å². The summed E-state index contributed by atoms with van der Waals surface area (Å²) >= 11 is 0. The highest BCUT2D eigenvalue weighted by molar-refractivity contribution is 7.88. The van der Waals surface area contributed by atoms with Crippen LogP contribution in [0.2, 0.25) is 0 Å². The van der Waals surface area contributed by atoms with Gasteiger partial charge in [0, 0.05) is 23.5 Å². The standard InChI is InChI=1S/C25H35N3O2S/c1-28-15-9-10-20-16-24(26,17-23(20)28)18-25(19-27-31(2,29)30,21-11-5-3-6-12-21)22-13-7-4-8-14-22/h3-8,11-14,20,23,27H,9-10,15-19,26H2,1-2H3/t20?,23-,24-/m0/s1. The number of piperidine rings is 1. The second kappa shape index (κ2) is 8.66. The van der Waals surface area contributed by atoms with Crippen LogP contribution in [0.1, 0.15) is 43.2 Å². The average Bonchev–Trinajstić information content (AvgIpc) is 3.09. The zero-order valence-corrected chi connectivity index (χ0v) is 19.4. The van der Waals surface area contributed by atoms with Crippen LogP contribution in [-0.2, 0) is 15.4 Å². The number of hydrogen-bond donors (Lipinski definition) is 2. The molecule has 0 spiro atoms. The lowest BCUT2D eigenvalue weighted by Gasteiger charge is -2.41. The summed E-state index contributed by atoms with van der Waals surface area (Å²) in [6.07, 6.45) is 6.34. The van der Waals surface area contributed by atoms with Crippen LogP contribution in [0.15, 0.2) is 60.7 Å². The van der Waals surface area contributed by atoms with E-state index in [4.69, 9.17) is 5.73 Å². The third-order valence-electron chi connectivity index (χ3n) is 7.42. The molecule has 3 atom stereocenters. The minimum Gasteiger partial charge on any atom is -0.325 e. The summed E-state index contributed by atoms with van der Waals surface area (Å²) in [4.78, 5) is 2.48. The number of likely N-dealkylation sites (tertiary alicyclic amines) is 1. The maximum atomic E-state index is 12.2. The van der Waals surface area contributed by atoms with Crippen LogP contribution in [0, 0.1) is 5.92 Å². The molecule has 2 aliphatic rings. The minimum atomic E-state index is -3.36. The van der Waals surface area contributed by atoms with Crippen molar-refractivity contribution in [3.05, 3.63) is 71.8 Å². The van der Waals surface area contributed by atoms with E-state index >= 15 is 0 Å². The number of hydrogen-bond acceptors (Lipinski definition) is 4. The first-order chi connectivity index (χ1) is 14.7. The molecule has 6 heteroatoms. The van der Waals surface area contributed by atoms with Gasteiger partial charge in [-0.3, -0.25) is 0 Å². The van der Waals surface area contributed by atoms with Crippen molar-refractivity contribution in [3.8, 4) is 0 Å². The van der Waals surface area contributed by atoms with Gasteiger partial charge in [0.15, 0.2) is 0 Å². The summed E-state index contributed by atoms with van der Waals surface area (Å²) in [5, 5.41) is 0. The summed E-state index contributed by atoms with van der Waals surface area (Å²) in [6, 6.07) is 21.0. The van der Waals surface area contributed by atoms with Gasteiger partial charge in [0.1, 0.15) is 0 Å². The maximum Gasteiger partial charge on any atom is 0.208 e. The first kappa shape index (κ1) is 22.5. The predicted molar refractivity (Wildman–Crippen MR) is 126 cm³/mol. The number of fused-ring (bicyclic) bond motifs is 1. The fourth-order valence-corrected chi connectivity index (χ4v) is 6.56. The second-order valence-corrected chi connectivity index (χ2v) is 11.6. The van der Waals surface area contributed by atoms with Crippen LogP contribution < -0.4 is 10.5 Å².